The van der Waals surface area contributed by atoms with Crippen LogP contribution in [0.3, 0.4) is 0 Å². The number of amides is 2. The molecular weight excluding hydrogens is 270 g/mol. The maximum Gasteiger partial charge on any atom is 0.293 e. The first-order valence-corrected chi connectivity index (χ1v) is 7.45. The largest absolute Gasteiger partial charge is 0.459 e. The molecule has 21 heavy (non-hydrogen) atoms. The minimum Gasteiger partial charge on any atom is -0.459 e. The van der Waals surface area contributed by atoms with E-state index >= 15 is 0 Å². The molecule has 2 rings (SSSR count). The lowest BCUT2D eigenvalue weighted by Gasteiger charge is -2.38. The van der Waals surface area contributed by atoms with Gasteiger partial charge >= 0.3 is 0 Å². The van der Waals surface area contributed by atoms with Crippen LogP contribution in [0.5, 0.6) is 0 Å². The Kier molecular flexibility index (Phi) is 5.52. The minimum absolute atomic E-state index is 0.142. The molecule has 6 heteroatoms. The Morgan fingerprint density at radius 1 is 1.52 bits per heavy atom. The summed E-state index contributed by atoms with van der Waals surface area (Å²) in [7, 11) is 0. The second-order valence-electron chi connectivity index (χ2n) is 5.51. The average Bonchev–Trinajstić information content (AvgIpc) is 3.01. The van der Waals surface area contributed by atoms with Gasteiger partial charge in [0, 0.05) is 12.6 Å². The number of piperidine rings is 1. The molecule has 2 heterocycles. The predicted octanol–water partition coefficient (Wildman–Crippen LogP) is 0.985. The van der Waals surface area contributed by atoms with E-state index in [0.29, 0.717) is 12.5 Å². The van der Waals surface area contributed by atoms with Gasteiger partial charge < -0.3 is 10.2 Å². The molecule has 0 spiro atoms. The molecule has 1 aliphatic rings. The summed E-state index contributed by atoms with van der Waals surface area (Å²) < 4.78 is 4.96. The third kappa shape index (κ3) is 4.15. The van der Waals surface area contributed by atoms with Crippen molar-refractivity contribution in [1.29, 1.82) is 0 Å². The fraction of sp³-hybridized carbons (Fsp3) is 0.600. The van der Waals surface area contributed by atoms with E-state index in [9.17, 15) is 9.59 Å². The third-order valence-corrected chi connectivity index (χ3v) is 4.14. The fourth-order valence-electron chi connectivity index (χ4n) is 2.83. The number of likely N-dealkylation sites (tertiary alicyclic amines) is 1. The van der Waals surface area contributed by atoms with Crippen molar-refractivity contribution in [1.82, 2.24) is 10.2 Å². The first-order chi connectivity index (χ1) is 10.1. The maximum atomic E-state index is 12.0. The molecule has 0 saturated carbocycles. The van der Waals surface area contributed by atoms with Crippen LogP contribution in [0.4, 0.5) is 0 Å². The Labute approximate surface area is 124 Å². The van der Waals surface area contributed by atoms with E-state index in [-0.39, 0.29) is 24.3 Å². The van der Waals surface area contributed by atoms with Gasteiger partial charge in [0.15, 0.2) is 5.76 Å². The Bertz CT molecular complexity index is 473. The van der Waals surface area contributed by atoms with E-state index < -0.39 is 5.91 Å². The normalized spacial score (nSPS) is 23.0. The van der Waals surface area contributed by atoms with Crippen molar-refractivity contribution < 1.29 is 14.0 Å². The van der Waals surface area contributed by atoms with Gasteiger partial charge in [-0.05, 0) is 37.4 Å². The third-order valence-electron chi connectivity index (χ3n) is 4.14. The van der Waals surface area contributed by atoms with Crippen molar-refractivity contribution >= 4 is 11.8 Å². The van der Waals surface area contributed by atoms with Gasteiger partial charge in [-0.25, -0.2) is 0 Å². The number of nitrogens with zero attached hydrogens (tertiary/aromatic N) is 1. The number of imide groups is 1. The Morgan fingerprint density at radius 2 is 2.33 bits per heavy atom. The monoisotopic (exact) mass is 293 g/mol. The summed E-state index contributed by atoms with van der Waals surface area (Å²) in [5, 5.41) is 2.35. The molecule has 1 aliphatic heterocycles. The van der Waals surface area contributed by atoms with E-state index in [1.165, 1.54) is 12.3 Å². The molecule has 2 unspecified atom stereocenters. The van der Waals surface area contributed by atoms with Gasteiger partial charge in [0.1, 0.15) is 0 Å². The average molecular weight is 293 g/mol. The summed E-state index contributed by atoms with van der Waals surface area (Å²) in [5.41, 5.74) is 5.81. The highest BCUT2D eigenvalue weighted by atomic mass is 16.3. The van der Waals surface area contributed by atoms with Crippen molar-refractivity contribution in [2.75, 3.05) is 19.6 Å². The molecule has 1 fully saturated rings. The first-order valence-electron chi connectivity index (χ1n) is 7.45. The number of nitrogens with two attached hydrogens (primary N) is 1. The van der Waals surface area contributed by atoms with Crippen LogP contribution in [0, 0.1) is 5.92 Å². The SMILES string of the molecule is CCC1CCN(CC(=O)NC(=O)c2ccco2)C(CN)C1. The summed E-state index contributed by atoms with van der Waals surface area (Å²) in [6, 6.07) is 3.35. The lowest BCUT2D eigenvalue weighted by molar-refractivity contribution is -0.122. The van der Waals surface area contributed by atoms with E-state index in [4.69, 9.17) is 10.2 Å². The Balaban J connectivity index is 1.85. The lowest BCUT2D eigenvalue weighted by Crippen LogP contribution is -2.50. The second kappa shape index (κ2) is 7.38. The Morgan fingerprint density at radius 3 is 2.95 bits per heavy atom. The maximum absolute atomic E-state index is 12.0. The lowest BCUT2D eigenvalue weighted by atomic mass is 9.89. The van der Waals surface area contributed by atoms with Crippen LogP contribution in [0.25, 0.3) is 0 Å². The van der Waals surface area contributed by atoms with Gasteiger partial charge in [0.05, 0.1) is 12.8 Å². The van der Waals surface area contributed by atoms with Crippen LogP contribution >= 0.6 is 0 Å². The van der Waals surface area contributed by atoms with Crippen LogP contribution in [0.1, 0.15) is 36.7 Å². The smallest absolute Gasteiger partial charge is 0.293 e. The highest BCUT2D eigenvalue weighted by molar-refractivity contribution is 6.03. The molecule has 1 aromatic heterocycles. The van der Waals surface area contributed by atoms with Crippen molar-refractivity contribution in [3.8, 4) is 0 Å². The topological polar surface area (TPSA) is 88.6 Å². The molecule has 0 bridgehead atoms. The van der Waals surface area contributed by atoms with Crippen molar-refractivity contribution in [3.05, 3.63) is 24.2 Å². The molecule has 116 valence electrons. The molecule has 2 amide bonds. The zero-order chi connectivity index (χ0) is 15.2. The van der Waals surface area contributed by atoms with E-state index in [2.05, 4.69) is 17.1 Å². The van der Waals surface area contributed by atoms with Gasteiger partial charge in [-0.2, -0.15) is 0 Å². The number of hydrogen-bond donors (Lipinski definition) is 2. The van der Waals surface area contributed by atoms with Crippen molar-refractivity contribution in [3.63, 3.8) is 0 Å². The summed E-state index contributed by atoms with van der Waals surface area (Å²) in [5.74, 6) is 0.00793. The predicted molar refractivity (Wildman–Crippen MR) is 78.6 cm³/mol. The zero-order valence-electron chi connectivity index (χ0n) is 12.4. The number of carbonyl (C=O) groups is 2. The van der Waals surface area contributed by atoms with Crippen LogP contribution in [-0.2, 0) is 4.79 Å². The molecule has 1 saturated heterocycles. The molecule has 0 aromatic carbocycles. The standard InChI is InChI=1S/C15H23N3O3/c1-2-11-5-6-18(12(8-11)9-16)10-14(19)17-15(20)13-4-3-7-21-13/h3-4,7,11-12H,2,5-6,8-10,16H2,1H3,(H,17,19,20). The Hall–Kier alpha value is -1.66. The molecule has 1 aromatic rings. The van der Waals surface area contributed by atoms with Gasteiger partial charge in [-0.15, -0.1) is 0 Å². The summed E-state index contributed by atoms with van der Waals surface area (Å²) >= 11 is 0. The molecule has 2 atom stereocenters. The van der Waals surface area contributed by atoms with Gasteiger partial charge in [0.2, 0.25) is 5.91 Å². The van der Waals surface area contributed by atoms with E-state index in [1.807, 2.05) is 0 Å². The quantitative estimate of drug-likeness (QED) is 0.845. The van der Waals surface area contributed by atoms with Gasteiger partial charge in [-0.3, -0.25) is 19.8 Å². The number of rotatable bonds is 5. The molecule has 0 aliphatic carbocycles. The van der Waals surface area contributed by atoms with Crippen LogP contribution in [0.15, 0.2) is 22.8 Å². The fourth-order valence-corrected chi connectivity index (χ4v) is 2.83. The van der Waals surface area contributed by atoms with Gasteiger partial charge in [0.25, 0.3) is 5.91 Å². The number of hydrogen-bond acceptors (Lipinski definition) is 5. The number of carbonyl (C=O) groups excluding carboxylic acids is 2. The van der Waals surface area contributed by atoms with E-state index in [0.717, 1.165) is 25.8 Å². The van der Waals surface area contributed by atoms with Crippen molar-refractivity contribution in [2.24, 2.45) is 11.7 Å². The minimum atomic E-state index is -0.502. The molecule has 3 N–H and O–H groups in total. The van der Waals surface area contributed by atoms with Crippen LogP contribution in [0.2, 0.25) is 0 Å². The zero-order valence-corrected chi connectivity index (χ0v) is 12.4. The van der Waals surface area contributed by atoms with E-state index in [1.54, 1.807) is 6.07 Å². The van der Waals surface area contributed by atoms with Crippen LogP contribution < -0.4 is 11.1 Å². The number of furan rings is 1. The van der Waals surface area contributed by atoms with Crippen molar-refractivity contribution in [2.45, 2.75) is 32.2 Å². The molecule has 6 nitrogen and oxygen atoms in total. The molecule has 0 radical (unpaired) electrons. The molecular formula is C15H23N3O3. The highest BCUT2D eigenvalue weighted by Gasteiger charge is 2.28. The summed E-state index contributed by atoms with van der Waals surface area (Å²) in [6.07, 6.45) is 4.64. The highest BCUT2D eigenvalue weighted by Crippen LogP contribution is 2.24. The number of nitrogens with one attached hydrogen (secondary N) is 1. The van der Waals surface area contributed by atoms with Crippen LogP contribution in [-0.4, -0.2) is 42.4 Å². The first kappa shape index (κ1) is 15.7. The summed E-state index contributed by atoms with van der Waals surface area (Å²) in [4.78, 5) is 25.8. The second-order valence-corrected chi connectivity index (χ2v) is 5.51. The van der Waals surface area contributed by atoms with Gasteiger partial charge in [-0.1, -0.05) is 13.3 Å². The summed E-state index contributed by atoms with van der Waals surface area (Å²) in [6.45, 7) is 3.77.